The lowest BCUT2D eigenvalue weighted by Gasteiger charge is -2.27. The lowest BCUT2D eigenvalue weighted by Crippen LogP contribution is -2.33. The molecule has 0 aliphatic heterocycles. The van der Waals surface area contributed by atoms with Gasteiger partial charge in [0.25, 0.3) is 0 Å². The van der Waals surface area contributed by atoms with E-state index in [1.54, 1.807) is 0 Å². The van der Waals surface area contributed by atoms with Crippen molar-refractivity contribution in [1.29, 1.82) is 0 Å². The number of allylic oxidation sites excluding steroid dienone is 3. The van der Waals surface area contributed by atoms with E-state index in [0.29, 0.717) is 6.61 Å². The van der Waals surface area contributed by atoms with Crippen molar-refractivity contribution in [1.82, 2.24) is 4.90 Å². The summed E-state index contributed by atoms with van der Waals surface area (Å²) in [5.41, 5.74) is 6.11. The highest BCUT2D eigenvalue weighted by Gasteiger charge is 2.44. The molecule has 0 bridgehead atoms. The smallest absolute Gasteiger partial charge is 0.119 e. The summed E-state index contributed by atoms with van der Waals surface area (Å²) in [6, 6.07) is 64.1. The number of hydrogen-bond acceptors (Lipinski definition) is 2. The van der Waals surface area contributed by atoms with Crippen molar-refractivity contribution >= 4 is 34.3 Å². The molecule has 3 heteroatoms. The van der Waals surface area contributed by atoms with E-state index in [2.05, 4.69) is 207 Å². The molecule has 6 aromatic carbocycles. The summed E-state index contributed by atoms with van der Waals surface area (Å²) >= 11 is 0. The van der Waals surface area contributed by atoms with Gasteiger partial charge in [0.15, 0.2) is 0 Å². The van der Waals surface area contributed by atoms with E-state index in [1.807, 2.05) is 0 Å². The fourth-order valence-electron chi connectivity index (χ4n) is 7.49. The summed E-state index contributed by atoms with van der Waals surface area (Å²) in [5, 5.41) is 4.46. The Morgan fingerprint density at radius 1 is 0.491 bits per heavy atom. The third kappa shape index (κ3) is 11.0. The summed E-state index contributed by atoms with van der Waals surface area (Å²) in [6.07, 6.45) is 14.6. The number of likely N-dealkylation sites (N-methyl/N-ethyl adjacent to an activating group) is 1. The summed E-state index contributed by atoms with van der Waals surface area (Å²) in [7, 11) is 2.40. The first kappa shape index (κ1) is 39.7. The van der Waals surface area contributed by atoms with Gasteiger partial charge in [0.2, 0.25) is 0 Å². The standard InChI is InChI=1S/C52H57NOP/c1-53(2)41-42-54-47-39-37-46(38-40-47)52(45-28-16-10-17-29-45)51(44-26-14-9-15-27-44)36-24-7-5-3-4-6-8-25-43-55(48-30-18-11-19-31-48,49-32-20-12-21-33-49)50-34-22-13-23-35-50/h9-24,26-40H,3-8,25,41-43H2,1-2H3/q+1/b36-24?,52-51-. The van der Waals surface area contributed by atoms with Crippen LogP contribution in [-0.2, 0) is 0 Å². The van der Waals surface area contributed by atoms with E-state index >= 15 is 0 Å². The highest BCUT2D eigenvalue weighted by atomic mass is 31.2. The van der Waals surface area contributed by atoms with E-state index in [-0.39, 0.29) is 0 Å². The third-order valence-electron chi connectivity index (χ3n) is 10.4. The van der Waals surface area contributed by atoms with Crippen LogP contribution in [0.15, 0.2) is 188 Å². The monoisotopic (exact) mass is 742 g/mol. The van der Waals surface area contributed by atoms with Gasteiger partial charge in [-0.15, -0.1) is 0 Å². The van der Waals surface area contributed by atoms with E-state index in [0.717, 1.165) is 18.7 Å². The van der Waals surface area contributed by atoms with Gasteiger partial charge in [-0.3, -0.25) is 0 Å². The molecule has 0 amide bonds. The molecule has 0 atom stereocenters. The molecular weight excluding hydrogens is 686 g/mol. The molecule has 0 fully saturated rings. The highest BCUT2D eigenvalue weighted by molar-refractivity contribution is 7.95. The maximum absolute atomic E-state index is 6.04. The first-order chi connectivity index (χ1) is 27.1. The van der Waals surface area contributed by atoms with Crippen LogP contribution in [0.1, 0.15) is 61.6 Å². The minimum atomic E-state index is -1.74. The molecule has 280 valence electrons. The molecule has 6 aromatic rings. The van der Waals surface area contributed by atoms with Crippen molar-refractivity contribution in [2.24, 2.45) is 0 Å². The molecule has 0 aromatic heterocycles. The average Bonchev–Trinajstić information content (AvgIpc) is 3.24. The van der Waals surface area contributed by atoms with Crippen LogP contribution >= 0.6 is 7.26 Å². The van der Waals surface area contributed by atoms with Crippen molar-refractivity contribution < 1.29 is 4.74 Å². The van der Waals surface area contributed by atoms with Gasteiger partial charge in [0, 0.05) is 6.54 Å². The number of nitrogens with zero attached hydrogens (tertiary/aromatic N) is 1. The summed E-state index contributed by atoms with van der Waals surface area (Å²) < 4.78 is 6.04. The molecule has 0 saturated carbocycles. The van der Waals surface area contributed by atoms with Gasteiger partial charge in [0.05, 0.1) is 6.16 Å². The Labute approximate surface area is 331 Å². The van der Waals surface area contributed by atoms with E-state index in [1.165, 1.54) is 88.4 Å². The van der Waals surface area contributed by atoms with Gasteiger partial charge in [0.1, 0.15) is 35.5 Å². The summed E-state index contributed by atoms with van der Waals surface area (Å²) in [6.45, 7) is 1.56. The lowest BCUT2D eigenvalue weighted by atomic mass is 9.89. The largest absolute Gasteiger partial charge is 0.492 e. The zero-order valence-electron chi connectivity index (χ0n) is 32.8. The third-order valence-corrected chi connectivity index (χ3v) is 14.9. The maximum Gasteiger partial charge on any atom is 0.119 e. The Morgan fingerprint density at radius 2 is 0.927 bits per heavy atom. The van der Waals surface area contributed by atoms with Gasteiger partial charge in [-0.1, -0.05) is 159 Å². The molecule has 55 heavy (non-hydrogen) atoms. The lowest BCUT2D eigenvalue weighted by molar-refractivity contribution is 0.261. The molecule has 0 unspecified atom stereocenters. The molecule has 0 radical (unpaired) electrons. The van der Waals surface area contributed by atoms with E-state index in [4.69, 9.17) is 4.74 Å². The SMILES string of the molecule is CN(C)CCOc1ccc(/C(=C(/C=CCCCCCCCC[P+](c2ccccc2)(c2ccccc2)c2ccccc2)c2ccccc2)c2ccccc2)cc1. The van der Waals surface area contributed by atoms with Crippen LogP contribution in [0, 0.1) is 0 Å². The molecule has 0 spiro atoms. The van der Waals surface area contributed by atoms with Crippen LogP contribution in [0.25, 0.3) is 11.1 Å². The second kappa shape index (κ2) is 21.2. The van der Waals surface area contributed by atoms with Crippen LogP contribution in [-0.4, -0.2) is 38.3 Å². The fraction of sp³-hybridized carbons (Fsp3) is 0.231. The van der Waals surface area contributed by atoms with Crippen LogP contribution < -0.4 is 20.7 Å². The second-order valence-corrected chi connectivity index (χ2v) is 18.2. The van der Waals surface area contributed by atoms with Gasteiger partial charge >= 0.3 is 0 Å². The van der Waals surface area contributed by atoms with Crippen molar-refractivity contribution in [3.63, 3.8) is 0 Å². The first-order valence-electron chi connectivity index (χ1n) is 20.1. The number of ether oxygens (including phenoxy) is 1. The number of hydrogen-bond donors (Lipinski definition) is 0. The van der Waals surface area contributed by atoms with Crippen LogP contribution in [0.5, 0.6) is 5.75 Å². The predicted molar refractivity (Wildman–Crippen MR) is 241 cm³/mol. The zero-order valence-corrected chi connectivity index (χ0v) is 33.7. The normalized spacial score (nSPS) is 12.2. The van der Waals surface area contributed by atoms with Gasteiger partial charge in [-0.05, 0) is 116 Å². The molecule has 0 aliphatic rings. The minimum absolute atomic E-state index is 0.671. The van der Waals surface area contributed by atoms with Gasteiger partial charge in [-0.2, -0.15) is 0 Å². The molecule has 0 saturated heterocycles. The molecular formula is C52H57NOP+. The minimum Gasteiger partial charge on any atom is -0.492 e. The summed E-state index contributed by atoms with van der Waals surface area (Å²) in [5.74, 6) is 0.902. The van der Waals surface area contributed by atoms with Crippen LogP contribution in [0.2, 0.25) is 0 Å². The number of unbranched alkanes of at least 4 members (excludes halogenated alkanes) is 6. The quantitative estimate of drug-likeness (QED) is 0.0334. The maximum atomic E-state index is 6.04. The highest BCUT2D eigenvalue weighted by Crippen LogP contribution is 2.56. The molecule has 0 heterocycles. The zero-order chi connectivity index (χ0) is 38.0. The Morgan fingerprint density at radius 3 is 1.44 bits per heavy atom. The van der Waals surface area contributed by atoms with Crippen LogP contribution in [0.4, 0.5) is 0 Å². The van der Waals surface area contributed by atoms with Gasteiger partial charge < -0.3 is 9.64 Å². The van der Waals surface area contributed by atoms with Crippen molar-refractivity contribution in [3.8, 4) is 5.75 Å². The molecule has 0 N–H and O–H groups in total. The Kier molecular flexibility index (Phi) is 15.3. The van der Waals surface area contributed by atoms with Crippen LogP contribution in [0.3, 0.4) is 0 Å². The Hall–Kier alpha value is -5.01. The van der Waals surface area contributed by atoms with Gasteiger partial charge in [-0.25, -0.2) is 0 Å². The van der Waals surface area contributed by atoms with E-state index < -0.39 is 7.26 Å². The Balaban J connectivity index is 1.10. The molecule has 2 nitrogen and oxygen atoms in total. The topological polar surface area (TPSA) is 12.5 Å². The van der Waals surface area contributed by atoms with Crippen molar-refractivity contribution in [3.05, 3.63) is 205 Å². The average molecular weight is 743 g/mol. The summed E-state index contributed by atoms with van der Waals surface area (Å²) in [4.78, 5) is 2.14. The molecule has 0 aliphatic carbocycles. The first-order valence-corrected chi connectivity index (χ1v) is 22.1. The number of rotatable bonds is 20. The van der Waals surface area contributed by atoms with Crippen molar-refractivity contribution in [2.75, 3.05) is 33.4 Å². The van der Waals surface area contributed by atoms with E-state index in [9.17, 15) is 0 Å². The Bertz CT molecular complexity index is 1930. The molecule has 6 rings (SSSR count). The predicted octanol–water partition coefficient (Wildman–Crippen LogP) is 11.9. The number of benzene rings is 6. The fourth-order valence-corrected chi connectivity index (χ4v) is 11.9. The second-order valence-electron chi connectivity index (χ2n) is 14.5. The van der Waals surface area contributed by atoms with Crippen molar-refractivity contribution in [2.45, 2.75) is 44.9 Å².